The summed E-state index contributed by atoms with van der Waals surface area (Å²) >= 11 is 0. The van der Waals surface area contributed by atoms with Gasteiger partial charge >= 0.3 is 0 Å². The molecule has 0 radical (unpaired) electrons. The first-order chi connectivity index (χ1) is 8.82. The lowest BCUT2D eigenvalue weighted by molar-refractivity contribution is 0.594. The van der Waals surface area contributed by atoms with Crippen LogP contribution in [0.3, 0.4) is 0 Å². The fraction of sp³-hybridized carbons (Fsp3) is 0.400. The predicted molar refractivity (Wildman–Crippen MR) is 79.0 cm³/mol. The van der Waals surface area contributed by atoms with Gasteiger partial charge in [-0.05, 0) is 43.0 Å². The molecule has 0 aliphatic carbocycles. The Bertz CT molecular complexity index is 657. The van der Waals surface area contributed by atoms with Gasteiger partial charge in [0.05, 0.1) is 11.4 Å². The van der Waals surface area contributed by atoms with Crippen LogP contribution in [0.25, 0.3) is 5.69 Å². The van der Waals surface area contributed by atoms with Crippen LogP contribution in [0.4, 0.5) is 5.69 Å². The van der Waals surface area contributed by atoms with Crippen LogP contribution in [0, 0.1) is 13.8 Å². The number of rotatable bonds is 2. The van der Waals surface area contributed by atoms with Crippen LogP contribution in [-0.4, -0.2) is 9.36 Å². The van der Waals surface area contributed by atoms with E-state index in [-0.39, 0.29) is 11.5 Å². The zero-order valence-corrected chi connectivity index (χ0v) is 12.2. The standard InChI is InChI=1S/C15H21N3O/c1-9(2)14-13(16)15(19)18(17(14)5)12-7-10(3)6-11(4)8-12/h6-9H,16H2,1-5H3. The van der Waals surface area contributed by atoms with Crippen LogP contribution in [0.2, 0.25) is 0 Å². The van der Waals surface area contributed by atoms with E-state index in [9.17, 15) is 4.79 Å². The molecule has 0 spiro atoms. The first-order valence-electron chi connectivity index (χ1n) is 6.49. The van der Waals surface area contributed by atoms with E-state index in [4.69, 9.17) is 5.73 Å². The Balaban J connectivity index is 2.76. The maximum Gasteiger partial charge on any atom is 0.294 e. The smallest absolute Gasteiger partial charge is 0.294 e. The molecule has 0 unspecified atom stereocenters. The Kier molecular flexibility index (Phi) is 3.27. The van der Waals surface area contributed by atoms with E-state index < -0.39 is 0 Å². The monoisotopic (exact) mass is 259 g/mol. The van der Waals surface area contributed by atoms with E-state index in [1.54, 1.807) is 4.68 Å². The SMILES string of the molecule is Cc1cc(C)cc(-n2c(=O)c(N)c(C(C)C)n2C)c1. The number of hydrogen-bond donors (Lipinski definition) is 1. The molecule has 0 bridgehead atoms. The number of aromatic nitrogens is 2. The second kappa shape index (κ2) is 4.61. The van der Waals surface area contributed by atoms with Gasteiger partial charge in [-0.2, -0.15) is 0 Å². The maximum atomic E-state index is 12.4. The van der Waals surface area contributed by atoms with Gasteiger partial charge in [-0.15, -0.1) is 0 Å². The van der Waals surface area contributed by atoms with Gasteiger partial charge in [0, 0.05) is 7.05 Å². The van der Waals surface area contributed by atoms with Crippen molar-refractivity contribution in [1.29, 1.82) is 0 Å². The van der Waals surface area contributed by atoms with Crippen molar-refractivity contribution in [2.24, 2.45) is 7.05 Å². The van der Waals surface area contributed by atoms with Gasteiger partial charge in [0.1, 0.15) is 5.69 Å². The van der Waals surface area contributed by atoms with Crippen LogP contribution in [-0.2, 0) is 7.05 Å². The number of nitrogens with two attached hydrogens (primary N) is 1. The third-order valence-corrected chi connectivity index (χ3v) is 3.35. The molecule has 0 saturated heterocycles. The maximum absolute atomic E-state index is 12.4. The molecule has 1 aromatic carbocycles. The zero-order chi connectivity index (χ0) is 14.3. The molecule has 2 rings (SSSR count). The highest BCUT2D eigenvalue weighted by molar-refractivity contribution is 5.48. The Morgan fingerprint density at radius 3 is 2.05 bits per heavy atom. The molecular formula is C15H21N3O. The highest BCUT2D eigenvalue weighted by Gasteiger charge is 2.18. The summed E-state index contributed by atoms with van der Waals surface area (Å²) in [6.07, 6.45) is 0. The van der Waals surface area contributed by atoms with Crippen molar-refractivity contribution in [3.05, 3.63) is 45.4 Å². The van der Waals surface area contributed by atoms with E-state index in [1.165, 1.54) is 0 Å². The van der Waals surface area contributed by atoms with Gasteiger partial charge in [-0.3, -0.25) is 9.48 Å². The number of nitrogen functional groups attached to an aromatic ring is 1. The quantitative estimate of drug-likeness (QED) is 0.901. The van der Waals surface area contributed by atoms with Crippen LogP contribution >= 0.6 is 0 Å². The zero-order valence-electron chi connectivity index (χ0n) is 12.2. The summed E-state index contributed by atoms with van der Waals surface area (Å²) in [6.45, 7) is 8.13. The van der Waals surface area contributed by atoms with Crippen molar-refractivity contribution in [2.75, 3.05) is 5.73 Å². The van der Waals surface area contributed by atoms with Gasteiger partial charge in [-0.25, -0.2) is 4.68 Å². The molecule has 0 aliphatic rings. The van der Waals surface area contributed by atoms with Crippen LogP contribution in [0.1, 0.15) is 36.6 Å². The molecule has 0 saturated carbocycles. The number of aryl methyl sites for hydroxylation is 2. The molecule has 0 atom stereocenters. The summed E-state index contributed by atoms with van der Waals surface area (Å²) in [5.74, 6) is 0.213. The number of anilines is 1. The van der Waals surface area contributed by atoms with Crippen LogP contribution in [0.15, 0.2) is 23.0 Å². The van der Waals surface area contributed by atoms with Gasteiger partial charge in [0.2, 0.25) is 0 Å². The van der Waals surface area contributed by atoms with E-state index in [1.807, 2.05) is 51.6 Å². The summed E-state index contributed by atoms with van der Waals surface area (Å²) in [6, 6.07) is 6.08. The number of benzene rings is 1. The molecule has 1 heterocycles. The summed E-state index contributed by atoms with van der Waals surface area (Å²) in [7, 11) is 1.88. The van der Waals surface area contributed by atoms with Crippen molar-refractivity contribution in [1.82, 2.24) is 9.36 Å². The largest absolute Gasteiger partial charge is 0.393 e. The Labute approximate surface area is 113 Å². The first kappa shape index (κ1) is 13.5. The van der Waals surface area contributed by atoms with Crippen molar-refractivity contribution < 1.29 is 0 Å². The lowest BCUT2D eigenvalue weighted by Gasteiger charge is -2.13. The molecule has 4 nitrogen and oxygen atoms in total. The third kappa shape index (κ3) is 2.18. The second-order valence-electron chi connectivity index (χ2n) is 5.44. The van der Waals surface area contributed by atoms with Gasteiger partial charge in [0.15, 0.2) is 0 Å². The van der Waals surface area contributed by atoms with Gasteiger partial charge in [0.25, 0.3) is 5.56 Å². The summed E-state index contributed by atoms with van der Waals surface area (Å²) in [5, 5.41) is 0. The fourth-order valence-electron chi connectivity index (χ4n) is 2.69. The topological polar surface area (TPSA) is 52.9 Å². The number of hydrogen-bond acceptors (Lipinski definition) is 2. The lowest BCUT2D eigenvalue weighted by atomic mass is 10.1. The summed E-state index contributed by atoms with van der Waals surface area (Å²) < 4.78 is 3.50. The van der Waals surface area contributed by atoms with Crippen molar-refractivity contribution >= 4 is 5.69 Å². The molecule has 0 fully saturated rings. The lowest BCUT2D eigenvalue weighted by Crippen LogP contribution is -2.21. The first-order valence-corrected chi connectivity index (χ1v) is 6.49. The number of nitrogens with zero attached hydrogens (tertiary/aromatic N) is 2. The molecule has 19 heavy (non-hydrogen) atoms. The molecule has 102 valence electrons. The van der Waals surface area contributed by atoms with E-state index >= 15 is 0 Å². The van der Waals surface area contributed by atoms with Gasteiger partial charge in [-0.1, -0.05) is 19.9 Å². The summed E-state index contributed by atoms with van der Waals surface area (Å²) in [4.78, 5) is 12.4. The highest BCUT2D eigenvalue weighted by atomic mass is 16.1. The Morgan fingerprint density at radius 2 is 1.63 bits per heavy atom. The Hall–Kier alpha value is -1.97. The molecule has 2 N–H and O–H groups in total. The normalized spacial score (nSPS) is 11.3. The minimum atomic E-state index is -0.142. The average Bonchev–Trinajstić information content (AvgIpc) is 2.48. The fourth-order valence-corrected chi connectivity index (χ4v) is 2.69. The van der Waals surface area contributed by atoms with Gasteiger partial charge < -0.3 is 5.73 Å². The van der Waals surface area contributed by atoms with Crippen molar-refractivity contribution in [3.8, 4) is 5.69 Å². The molecule has 0 aliphatic heterocycles. The summed E-state index contributed by atoms with van der Waals surface area (Å²) in [5.41, 5.74) is 10.2. The molecular weight excluding hydrogens is 238 g/mol. The second-order valence-corrected chi connectivity index (χ2v) is 5.44. The third-order valence-electron chi connectivity index (χ3n) is 3.35. The molecule has 4 heteroatoms. The molecule has 0 amide bonds. The van der Waals surface area contributed by atoms with Crippen LogP contribution < -0.4 is 11.3 Å². The van der Waals surface area contributed by atoms with Crippen LogP contribution in [0.5, 0.6) is 0 Å². The van der Waals surface area contributed by atoms with E-state index in [2.05, 4.69) is 6.07 Å². The van der Waals surface area contributed by atoms with E-state index in [0.29, 0.717) is 5.69 Å². The van der Waals surface area contributed by atoms with Crippen molar-refractivity contribution in [2.45, 2.75) is 33.6 Å². The molecule has 1 aromatic heterocycles. The highest BCUT2D eigenvalue weighted by Crippen LogP contribution is 2.21. The minimum absolute atomic E-state index is 0.142. The molecule has 2 aromatic rings. The average molecular weight is 259 g/mol. The minimum Gasteiger partial charge on any atom is -0.393 e. The predicted octanol–water partition coefficient (Wildman–Crippen LogP) is 2.50. The van der Waals surface area contributed by atoms with E-state index in [0.717, 1.165) is 22.5 Å². The Morgan fingerprint density at radius 1 is 1.11 bits per heavy atom. The van der Waals surface area contributed by atoms with Crippen molar-refractivity contribution in [3.63, 3.8) is 0 Å².